The normalized spacial score (nSPS) is 33.4. The minimum atomic E-state index is -4.86. The molecule has 156 valence electrons. The molecule has 0 aromatic heterocycles. The molecule has 4 unspecified atom stereocenters. The van der Waals surface area contributed by atoms with Gasteiger partial charge in [0.15, 0.2) is 0 Å². The first kappa shape index (κ1) is 19.3. The molecule has 4 amide bonds. The van der Waals surface area contributed by atoms with E-state index >= 15 is 0 Å². The number of nitrogens with two attached hydrogens (primary N) is 1. The van der Waals surface area contributed by atoms with E-state index in [1.54, 1.807) is 0 Å². The van der Waals surface area contributed by atoms with Crippen LogP contribution in [-0.4, -0.2) is 78.1 Å². The second-order valence-corrected chi connectivity index (χ2v) is 8.67. The van der Waals surface area contributed by atoms with Gasteiger partial charge in [0.25, 0.3) is 5.91 Å². The molecular formula is C14H21N5O8S. The van der Waals surface area contributed by atoms with E-state index in [1.165, 1.54) is 4.90 Å². The summed E-state index contributed by atoms with van der Waals surface area (Å²) >= 11 is 0. The van der Waals surface area contributed by atoms with Crippen molar-refractivity contribution >= 4 is 28.2 Å². The summed E-state index contributed by atoms with van der Waals surface area (Å²) in [7, 11) is -4.86. The van der Waals surface area contributed by atoms with Gasteiger partial charge in [0.05, 0.1) is 18.2 Å². The van der Waals surface area contributed by atoms with Crippen LogP contribution in [0.15, 0.2) is 0 Å². The number of nitrogens with one attached hydrogen (secondary N) is 2. The zero-order chi connectivity index (χ0) is 20.3. The highest BCUT2D eigenvalue weighted by molar-refractivity contribution is 7.80. The Hall–Kier alpha value is -2.00. The Morgan fingerprint density at radius 1 is 1.36 bits per heavy atom. The van der Waals surface area contributed by atoms with Crippen LogP contribution >= 0.6 is 0 Å². The van der Waals surface area contributed by atoms with Crippen LogP contribution in [0.5, 0.6) is 0 Å². The molecule has 14 heteroatoms. The first-order chi connectivity index (χ1) is 13.1. The van der Waals surface area contributed by atoms with Crippen LogP contribution in [0.4, 0.5) is 4.79 Å². The molecular weight excluding hydrogens is 398 g/mol. The molecule has 0 radical (unpaired) electrons. The van der Waals surface area contributed by atoms with Crippen LogP contribution in [0.2, 0.25) is 0 Å². The molecule has 3 heterocycles. The average Bonchev–Trinajstić information content (AvgIpc) is 3.10. The van der Waals surface area contributed by atoms with Crippen molar-refractivity contribution in [2.45, 2.75) is 49.9 Å². The van der Waals surface area contributed by atoms with Crippen molar-refractivity contribution in [2.75, 3.05) is 13.1 Å². The number of hydrogen-bond acceptors (Lipinski definition) is 8. The van der Waals surface area contributed by atoms with E-state index in [4.69, 9.17) is 15.1 Å². The van der Waals surface area contributed by atoms with Crippen molar-refractivity contribution in [3.8, 4) is 0 Å². The van der Waals surface area contributed by atoms with E-state index in [-0.39, 0.29) is 6.54 Å². The Kier molecular flexibility index (Phi) is 4.50. The van der Waals surface area contributed by atoms with Crippen LogP contribution in [0.1, 0.15) is 25.7 Å². The molecule has 4 fully saturated rings. The molecule has 0 aromatic rings. The SMILES string of the molecule is NC(=O)C1CC(ONC(=O)C2CC3(CC3)C3CN2C(=O)N3OS(=O)(=O)O)CN1. The largest absolute Gasteiger partial charge is 0.418 e. The summed E-state index contributed by atoms with van der Waals surface area (Å²) in [6, 6.07) is -2.74. The van der Waals surface area contributed by atoms with Crippen molar-refractivity contribution in [3.63, 3.8) is 0 Å². The number of primary amides is 1. The van der Waals surface area contributed by atoms with Gasteiger partial charge in [0.1, 0.15) is 6.04 Å². The number of nitrogens with zero attached hydrogens (tertiary/aromatic N) is 2. The minimum Gasteiger partial charge on any atom is -0.368 e. The summed E-state index contributed by atoms with van der Waals surface area (Å²) in [5.74, 6) is -1.05. The van der Waals surface area contributed by atoms with Gasteiger partial charge in [-0.05, 0) is 24.7 Å². The predicted octanol–water partition coefficient (Wildman–Crippen LogP) is -2.36. The van der Waals surface area contributed by atoms with Gasteiger partial charge in [0, 0.05) is 19.5 Å². The molecule has 4 aliphatic rings. The first-order valence-electron chi connectivity index (χ1n) is 8.85. The van der Waals surface area contributed by atoms with E-state index < -0.39 is 57.9 Å². The lowest BCUT2D eigenvalue weighted by molar-refractivity contribution is -0.144. The highest BCUT2D eigenvalue weighted by Crippen LogP contribution is 2.59. The van der Waals surface area contributed by atoms with Crippen LogP contribution in [0, 0.1) is 5.41 Å². The van der Waals surface area contributed by atoms with Crippen molar-refractivity contribution in [1.82, 2.24) is 20.8 Å². The Morgan fingerprint density at radius 2 is 2.07 bits per heavy atom. The fraction of sp³-hybridized carbons (Fsp3) is 0.786. The number of fused-ring (bicyclic) bond motifs is 3. The summed E-state index contributed by atoms with van der Waals surface area (Å²) in [5, 5.41) is 3.52. The van der Waals surface area contributed by atoms with E-state index in [9.17, 15) is 22.8 Å². The fourth-order valence-corrected chi connectivity index (χ4v) is 4.64. The molecule has 1 saturated carbocycles. The molecule has 0 aromatic carbocycles. The third-order valence-electron chi connectivity index (χ3n) is 5.90. The fourth-order valence-electron chi connectivity index (χ4n) is 4.27. The Balaban J connectivity index is 1.41. The van der Waals surface area contributed by atoms with Gasteiger partial charge >= 0.3 is 16.4 Å². The highest BCUT2D eigenvalue weighted by atomic mass is 32.3. The number of rotatable bonds is 6. The standard InChI is InChI=1S/C14H21N5O8S/c15-11(20)8-3-7(5-16-8)26-17-12(21)9-4-14(1-2-14)10-6-18(9)13(22)19(10)27-28(23,24)25/h7-10,16H,1-6H2,(H2,15,20)(H,17,21)(H,23,24,25). The maximum atomic E-state index is 12.6. The molecule has 1 spiro atoms. The van der Waals surface area contributed by atoms with Gasteiger partial charge in [-0.2, -0.15) is 13.5 Å². The Bertz CT molecular complexity index is 815. The number of carbonyl (C=O) groups is 3. The smallest absolute Gasteiger partial charge is 0.368 e. The van der Waals surface area contributed by atoms with Crippen LogP contribution in [0.25, 0.3) is 0 Å². The van der Waals surface area contributed by atoms with Gasteiger partial charge < -0.3 is 16.0 Å². The number of piperidine rings is 1. The van der Waals surface area contributed by atoms with Gasteiger partial charge in [-0.1, -0.05) is 0 Å². The zero-order valence-electron chi connectivity index (χ0n) is 14.7. The van der Waals surface area contributed by atoms with Gasteiger partial charge in [-0.15, -0.1) is 4.28 Å². The molecule has 4 atom stereocenters. The average molecular weight is 419 g/mol. The maximum Gasteiger partial charge on any atom is 0.418 e. The number of hydroxylamine groups is 3. The quantitative estimate of drug-likeness (QED) is 0.270. The molecule has 3 saturated heterocycles. The van der Waals surface area contributed by atoms with E-state index in [0.717, 1.165) is 0 Å². The lowest BCUT2D eigenvalue weighted by Crippen LogP contribution is -2.53. The first-order valence-corrected chi connectivity index (χ1v) is 10.2. The summed E-state index contributed by atoms with van der Waals surface area (Å²) in [6.07, 6.45) is 1.62. The number of carbonyl (C=O) groups excluding carboxylic acids is 3. The van der Waals surface area contributed by atoms with Crippen LogP contribution in [-0.2, 0) is 29.1 Å². The number of urea groups is 1. The summed E-state index contributed by atoms with van der Waals surface area (Å²) < 4.78 is 35.6. The minimum absolute atomic E-state index is 0.112. The molecule has 3 aliphatic heterocycles. The van der Waals surface area contributed by atoms with Gasteiger partial charge in [-0.25, -0.2) is 10.3 Å². The van der Waals surface area contributed by atoms with Crippen molar-refractivity contribution in [2.24, 2.45) is 11.1 Å². The monoisotopic (exact) mass is 419 g/mol. The molecule has 28 heavy (non-hydrogen) atoms. The summed E-state index contributed by atoms with van der Waals surface area (Å²) in [4.78, 5) is 42.9. The molecule has 5 N–H and O–H groups in total. The molecule has 4 rings (SSSR count). The van der Waals surface area contributed by atoms with Crippen LogP contribution in [0.3, 0.4) is 0 Å². The van der Waals surface area contributed by atoms with Crippen molar-refractivity contribution in [1.29, 1.82) is 0 Å². The zero-order valence-corrected chi connectivity index (χ0v) is 15.6. The van der Waals surface area contributed by atoms with E-state index in [2.05, 4.69) is 15.1 Å². The third-order valence-corrected chi connectivity index (χ3v) is 6.25. The third kappa shape index (κ3) is 3.41. The lowest BCUT2D eigenvalue weighted by atomic mass is 9.85. The Morgan fingerprint density at radius 3 is 2.64 bits per heavy atom. The Labute approximate surface area is 160 Å². The topological polar surface area (TPSA) is 181 Å². The maximum absolute atomic E-state index is 12.6. The lowest BCUT2D eigenvalue weighted by Gasteiger charge is -2.35. The highest BCUT2D eigenvalue weighted by Gasteiger charge is 2.65. The van der Waals surface area contributed by atoms with Gasteiger partial charge in [0.2, 0.25) is 5.91 Å². The molecule has 2 bridgehead atoms. The number of hydrogen-bond donors (Lipinski definition) is 4. The summed E-state index contributed by atoms with van der Waals surface area (Å²) in [6.45, 7) is 0.449. The predicted molar refractivity (Wildman–Crippen MR) is 89.1 cm³/mol. The van der Waals surface area contributed by atoms with Crippen LogP contribution < -0.4 is 16.5 Å². The van der Waals surface area contributed by atoms with Gasteiger partial charge in [-0.3, -0.25) is 19.0 Å². The van der Waals surface area contributed by atoms with Crippen molar-refractivity contribution < 1.29 is 36.5 Å². The second-order valence-electron chi connectivity index (χ2n) is 7.67. The second kappa shape index (κ2) is 6.52. The van der Waals surface area contributed by atoms with E-state index in [1.807, 2.05) is 0 Å². The molecule has 1 aliphatic carbocycles. The van der Waals surface area contributed by atoms with E-state index in [0.29, 0.717) is 37.3 Å². The summed E-state index contributed by atoms with van der Waals surface area (Å²) in [5.41, 5.74) is 7.12. The number of amides is 4. The van der Waals surface area contributed by atoms with Crippen molar-refractivity contribution in [3.05, 3.63) is 0 Å². The molecule has 13 nitrogen and oxygen atoms in total.